The number of amidine groups is 1. The topological polar surface area (TPSA) is 66.4 Å². The molecule has 1 amide bonds. The second-order valence-electron chi connectivity index (χ2n) is 2.91. The van der Waals surface area contributed by atoms with Crippen LogP contribution >= 0.6 is 11.3 Å². The van der Waals surface area contributed by atoms with Crippen LogP contribution in [-0.4, -0.2) is 29.8 Å². The van der Waals surface area contributed by atoms with Gasteiger partial charge in [0.25, 0.3) is 5.91 Å². The van der Waals surface area contributed by atoms with E-state index in [0.29, 0.717) is 17.5 Å². The van der Waals surface area contributed by atoms with Crippen LogP contribution in [0.25, 0.3) is 0 Å². The van der Waals surface area contributed by atoms with Crippen LogP contribution in [0.5, 0.6) is 0 Å². The molecule has 5 nitrogen and oxygen atoms in total. The molecule has 14 heavy (non-hydrogen) atoms. The molecule has 1 aromatic rings. The highest BCUT2D eigenvalue weighted by atomic mass is 32.1. The third kappa shape index (κ3) is 1.90. The lowest BCUT2D eigenvalue weighted by atomic mass is 10.5. The van der Waals surface area contributed by atoms with Gasteiger partial charge in [-0.25, -0.2) is 4.98 Å². The van der Waals surface area contributed by atoms with Gasteiger partial charge < -0.3 is 5.32 Å². The lowest BCUT2D eigenvalue weighted by Crippen LogP contribution is -2.32. The zero-order chi connectivity index (χ0) is 9.97. The van der Waals surface area contributed by atoms with Crippen molar-refractivity contribution in [1.29, 1.82) is 0 Å². The van der Waals surface area contributed by atoms with Crippen LogP contribution in [0.4, 0.5) is 5.13 Å². The maximum atomic E-state index is 11.5. The van der Waals surface area contributed by atoms with Gasteiger partial charge >= 0.3 is 0 Å². The van der Waals surface area contributed by atoms with Crippen molar-refractivity contribution in [3.63, 3.8) is 0 Å². The smallest absolute Gasteiger partial charge is 0.292 e. The van der Waals surface area contributed by atoms with Crippen molar-refractivity contribution in [2.24, 2.45) is 4.99 Å². The van der Waals surface area contributed by atoms with Crippen LogP contribution in [0.15, 0.2) is 10.4 Å². The first-order valence-corrected chi connectivity index (χ1v) is 5.15. The summed E-state index contributed by atoms with van der Waals surface area (Å²) in [6, 6.07) is 0. The summed E-state index contributed by atoms with van der Waals surface area (Å²) in [7, 11) is 0. The number of aryl methyl sites for hydroxylation is 1. The van der Waals surface area contributed by atoms with Gasteiger partial charge in [0.2, 0.25) is 0 Å². The van der Waals surface area contributed by atoms with E-state index in [-0.39, 0.29) is 5.91 Å². The number of nitrogens with one attached hydrogen (secondary N) is 2. The first-order chi connectivity index (χ1) is 6.75. The molecule has 2 heterocycles. The predicted molar refractivity (Wildman–Crippen MR) is 55.8 cm³/mol. The van der Waals surface area contributed by atoms with E-state index in [9.17, 15) is 4.79 Å². The van der Waals surface area contributed by atoms with E-state index >= 15 is 0 Å². The number of thiazole rings is 1. The molecule has 0 atom stereocenters. The SMILES string of the molecule is Cc1csc(NC(=O)C2=NCCN2)n1. The quantitative estimate of drug-likeness (QED) is 0.742. The standard InChI is InChI=1S/C8H10N4OS/c1-5-4-14-8(11-5)12-7(13)6-9-2-3-10-6/h4H,2-3H2,1H3,(H,9,10)(H,11,12,13). The highest BCUT2D eigenvalue weighted by Crippen LogP contribution is 2.14. The first kappa shape index (κ1) is 9.14. The van der Waals surface area contributed by atoms with Gasteiger partial charge in [-0.3, -0.25) is 15.1 Å². The Hall–Kier alpha value is -1.43. The molecule has 0 aliphatic carbocycles. The number of aromatic nitrogens is 1. The van der Waals surface area contributed by atoms with Crippen molar-refractivity contribution < 1.29 is 4.79 Å². The summed E-state index contributed by atoms with van der Waals surface area (Å²) in [5.41, 5.74) is 0.909. The molecule has 1 aliphatic rings. The average molecular weight is 210 g/mol. The van der Waals surface area contributed by atoms with E-state index in [0.717, 1.165) is 12.2 Å². The average Bonchev–Trinajstić information content (AvgIpc) is 2.75. The van der Waals surface area contributed by atoms with Gasteiger partial charge in [-0.2, -0.15) is 0 Å². The Morgan fingerprint density at radius 1 is 1.71 bits per heavy atom. The van der Waals surface area contributed by atoms with E-state index < -0.39 is 0 Å². The highest BCUT2D eigenvalue weighted by Gasteiger charge is 2.15. The molecule has 6 heteroatoms. The second-order valence-corrected chi connectivity index (χ2v) is 3.76. The summed E-state index contributed by atoms with van der Waals surface area (Å²) in [5, 5.41) is 8.08. The third-order valence-corrected chi connectivity index (χ3v) is 2.60. The minimum absolute atomic E-state index is 0.211. The van der Waals surface area contributed by atoms with Crippen LogP contribution in [0.3, 0.4) is 0 Å². The Morgan fingerprint density at radius 3 is 3.14 bits per heavy atom. The monoisotopic (exact) mass is 210 g/mol. The molecular weight excluding hydrogens is 200 g/mol. The molecule has 0 aromatic carbocycles. The van der Waals surface area contributed by atoms with E-state index in [1.165, 1.54) is 11.3 Å². The van der Waals surface area contributed by atoms with E-state index in [2.05, 4.69) is 20.6 Å². The molecule has 2 N–H and O–H groups in total. The van der Waals surface area contributed by atoms with E-state index in [1.54, 1.807) is 0 Å². The fourth-order valence-electron chi connectivity index (χ4n) is 1.12. The summed E-state index contributed by atoms with van der Waals surface area (Å²) in [6.45, 7) is 3.29. The van der Waals surface area contributed by atoms with Crippen molar-refractivity contribution in [1.82, 2.24) is 10.3 Å². The van der Waals surface area contributed by atoms with Crippen molar-refractivity contribution in [2.45, 2.75) is 6.92 Å². The molecule has 0 saturated heterocycles. The minimum Gasteiger partial charge on any atom is -0.364 e. The molecular formula is C8H10N4OS. The summed E-state index contributed by atoms with van der Waals surface area (Å²) < 4.78 is 0. The van der Waals surface area contributed by atoms with Gasteiger partial charge in [-0.15, -0.1) is 11.3 Å². The molecule has 0 bridgehead atoms. The first-order valence-electron chi connectivity index (χ1n) is 4.27. The fourth-order valence-corrected chi connectivity index (χ4v) is 1.80. The molecule has 0 fully saturated rings. The van der Waals surface area contributed by atoms with Crippen molar-refractivity contribution in [3.8, 4) is 0 Å². The largest absolute Gasteiger partial charge is 0.364 e. The summed E-state index contributed by atoms with van der Waals surface area (Å²) >= 11 is 1.41. The molecule has 2 rings (SSSR count). The predicted octanol–water partition coefficient (Wildman–Crippen LogP) is 0.392. The third-order valence-electron chi connectivity index (χ3n) is 1.73. The Kier molecular flexibility index (Phi) is 2.45. The summed E-state index contributed by atoms with van der Waals surface area (Å²) in [5.74, 6) is 0.190. The van der Waals surface area contributed by atoms with Crippen molar-refractivity contribution in [2.75, 3.05) is 18.4 Å². The van der Waals surface area contributed by atoms with E-state index in [1.807, 2.05) is 12.3 Å². The number of aliphatic imine (C=N–C) groups is 1. The van der Waals surface area contributed by atoms with Crippen molar-refractivity contribution >= 4 is 28.2 Å². The Morgan fingerprint density at radius 2 is 2.57 bits per heavy atom. The van der Waals surface area contributed by atoms with Gasteiger partial charge in [-0.1, -0.05) is 0 Å². The van der Waals surface area contributed by atoms with Crippen LogP contribution in [0, 0.1) is 6.92 Å². The van der Waals surface area contributed by atoms with Gasteiger partial charge in [0.15, 0.2) is 11.0 Å². The zero-order valence-corrected chi connectivity index (χ0v) is 8.52. The lowest BCUT2D eigenvalue weighted by Gasteiger charge is -2.00. The number of rotatable bonds is 2. The number of carbonyl (C=O) groups is 1. The Balaban J connectivity index is 2.01. The number of nitrogens with zero attached hydrogens (tertiary/aromatic N) is 2. The van der Waals surface area contributed by atoms with Crippen molar-refractivity contribution in [3.05, 3.63) is 11.1 Å². The number of hydrogen-bond acceptors (Lipinski definition) is 5. The van der Waals surface area contributed by atoms with Gasteiger partial charge in [-0.05, 0) is 6.92 Å². The highest BCUT2D eigenvalue weighted by molar-refractivity contribution is 7.14. The number of anilines is 1. The normalized spacial score (nSPS) is 14.8. The molecule has 74 valence electrons. The molecule has 1 aliphatic heterocycles. The lowest BCUT2D eigenvalue weighted by molar-refractivity contribution is -0.110. The fraction of sp³-hybridized carbons (Fsp3) is 0.375. The number of hydrogen-bond donors (Lipinski definition) is 2. The Labute approximate surface area is 85.3 Å². The molecule has 0 saturated carbocycles. The van der Waals surface area contributed by atoms with Crippen LogP contribution in [0.1, 0.15) is 5.69 Å². The molecule has 1 aromatic heterocycles. The number of carbonyl (C=O) groups excluding carboxylic acids is 1. The maximum absolute atomic E-state index is 11.5. The molecule has 0 unspecified atom stereocenters. The van der Waals surface area contributed by atoms with Gasteiger partial charge in [0.05, 0.1) is 12.2 Å². The van der Waals surface area contributed by atoms with Crippen LogP contribution in [-0.2, 0) is 4.79 Å². The second kappa shape index (κ2) is 3.75. The maximum Gasteiger partial charge on any atom is 0.292 e. The van der Waals surface area contributed by atoms with Gasteiger partial charge in [0.1, 0.15) is 0 Å². The Bertz CT molecular complexity index is 384. The van der Waals surface area contributed by atoms with E-state index in [4.69, 9.17) is 0 Å². The zero-order valence-electron chi connectivity index (χ0n) is 7.70. The van der Waals surface area contributed by atoms with Gasteiger partial charge in [0, 0.05) is 11.9 Å². The van der Waals surface area contributed by atoms with Crippen LogP contribution in [0.2, 0.25) is 0 Å². The summed E-state index contributed by atoms with van der Waals surface area (Å²) in [4.78, 5) is 19.6. The summed E-state index contributed by atoms with van der Waals surface area (Å²) in [6.07, 6.45) is 0. The minimum atomic E-state index is -0.211. The molecule has 0 radical (unpaired) electrons. The molecule has 0 spiro atoms. The number of amides is 1. The van der Waals surface area contributed by atoms with Crippen LogP contribution < -0.4 is 10.6 Å².